The van der Waals surface area contributed by atoms with Gasteiger partial charge < -0.3 is 15.2 Å². The number of halogens is 1. The number of hydrogen-bond acceptors (Lipinski definition) is 3. The molecule has 0 saturated heterocycles. The third-order valence-corrected chi connectivity index (χ3v) is 3.16. The molecule has 0 radical (unpaired) electrons. The molecule has 0 fully saturated rings. The van der Waals surface area contributed by atoms with Gasteiger partial charge in [-0.15, -0.1) is 0 Å². The lowest BCUT2D eigenvalue weighted by molar-refractivity contribution is 0.174. The molecule has 2 N–H and O–H groups in total. The molecule has 0 bridgehead atoms. The summed E-state index contributed by atoms with van der Waals surface area (Å²) >= 11 is 0. The van der Waals surface area contributed by atoms with Crippen molar-refractivity contribution in [1.82, 2.24) is 5.32 Å². The Kier molecular flexibility index (Phi) is 5.72. The Morgan fingerprint density at radius 2 is 1.76 bits per heavy atom. The summed E-state index contributed by atoms with van der Waals surface area (Å²) in [4.78, 5) is 0. The van der Waals surface area contributed by atoms with Gasteiger partial charge in [-0.25, -0.2) is 4.39 Å². The van der Waals surface area contributed by atoms with Crippen LogP contribution in [0.3, 0.4) is 0 Å². The molecule has 0 amide bonds. The molecule has 4 heteroatoms. The van der Waals surface area contributed by atoms with Gasteiger partial charge in [0.2, 0.25) is 0 Å². The van der Waals surface area contributed by atoms with Gasteiger partial charge in [0.05, 0.1) is 12.7 Å². The molecule has 0 aliphatic carbocycles. The minimum absolute atomic E-state index is 0.298. The number of aliphatic hydroxyl groups excluding tert-OH is 1. The summed E-state index contributed by atoms with van der Waals surface area (Å²) in [5.41, 5.74) is 1.82. The smallest absolute Gasteiger partial charge is 0.123 e. The molecular weight excluding hydrogens is 269 g/mol. The third-order valence-electron chi connectivity index (χ3n) is 3.16. The topological polar surface area (TPSA) is 41.5 Å². The van der Waals surface area contributed by atoms with Gasteiger partial charge in [-0.2, -0.15) is 0 Å². The largest absolute Gasteiger partial charge is 0.494 e. The summed E-state index contributed by atoms with van der Waals surface area (Å²) in [5, 5.41) is 13.2. The van der Waals surface area contributed by atoms with Crippen LogP contribution in [0.5, 0.6) is 5.75 Å². The Labute approximate surface area is 124 Å². The van der Waals surface area contributed by atoms with Crippen LogP contribution in [0.4, 0.5) is 4.39 Å². The fourth-order valence-electron chi connectivity index (χ4n) is 2.03. The number of hydrogen-bond donors (Lipinski definition) is 2. The first-order chi connectivity index (χ1) is 10.2. The van der Waals surface area contributed by atoms with E-state index >= 15 is 0 Å². The molecule has 0 heterocycles. The van der Waals surface area contributed by atoms with Gasteiger partial charge in [-0.05, 0) is 42.3 Å². The van der Waals surface area contributed by atoms with Crippen LogP contribution in [0, 0.1) is 5.82 Å². The summed E-state index contributed by atoms with van der Waals surface area (Å²) in [6.45, 7) is 3.68. The van der Waals surface area contributed by atoms with Crippen molar-refractivity contribution in [3.63, 3.8) is 0 Å². The number of ether oxygens (including phenoxy) is 1. The van der Waals surface area contributed by atoms with E-state index < -0.39 is 6.10 Å². The number of rotatable bonds is 7. The van der Waals surface area contributed by atoms with Gasteiger partial charge in [-0.1, -0.05) is 24.3 Å². The molecule has 2 aromatic rings. The Balaban J connectivity index is 1.79. The highest BCUT2D eigenvalue weighted by Gasteiger charge is 2.06. The van der Waals surface area contributed by atoms with Crippen molar-refractivity contribution >= 4 is 0 Å². The van der Waals surface area contributed by atoms with Gasteiger partial charge >= 0.3 is 0 Å². The highest BCUT2D eigenvalue weighted by Crippen LogP contribution is 2.14. The van der Waals surface area contributed by atoms with Crippen molar-refractivity contribution in [2.24, 2.45) is 0 Å². The molecule has 1 unspecified atom stereocenters. The van der Waals surface area contributed by atoms with Crippen molar-refractivity contribution in [2.75, 3.05) is 13.2 Å². The summed E-state index contributed by atoms with van der Waals surface area (Å²) in [6, 6.07) is 13.7. The van der Waals surface area contributed by atoms with E-state index in [-0.39, 0.29) is 5.82 Å². The SMILES string of the molecule is CCOc1ccc(CNCC(O)c2ccc(F)cc2)cc1. The van der Waals surface area contributed by atoms with Crippen LogP contribution in [0.15, 0.2) is 48.5 Å². The zero-order valence-corrected chi connectivity index (χ0v) is 12.1. The van der Waals surface area contributed by atoms with Crippen LogP contribution < -0.4 is 10.1 Å². The normalized spacial score (nSPS) is 12.1. The van der Waals surface area contributed by atoms with E-state index in [1.54, 1.807) is 12.1 Å². The van der Waals surface area contributed by atoms with E-state index in [2.05, 4.69) is 5.32 Å². The standard InChI is InChI=1S/C17H20FNO2/c1-2-21-16-9-3-13(4-10-16)11-19-12-17(20)14-5-7-15(18)8-6-14/h3-10,17,19-20H,2,11-12H2,1H3. The van der Waals surface area contributed by atoms with Crippen molar-refractivity contribution < 1.29 is 14.2 Å². The second-order valence-electron chi connectivity index (χ2n) is 4.78. The number of nitrogens with one attached hydrogen (secondary N) is 1. The van der Waals surface area contributed by atoms with Crippen LogP contribution >= 0.6 is 0 Å². The van der Waals surface area contributed by atoms with Gasteiger partial charge in [0.1, 0.15) is 11.6 Å². The maximum atomic E-state index is 12.8. The second-order valence-corrected chi connectivity index (χ2v) is 4.78. The predicted molar refractivity (Wildman–Crippen MR) is 80.7 cm³/mol. The Morgan fingerprint density at radius 1 is 1.10 bits per heavy atom. The van der Waals surface area contributed by atoms with E-state index in [1.165, 1.54) is 12.1 Å². The van der Waals surface area contributed by atoms with Crippen LogP contribution in [0.25, 0.3) is 0 Å². The van der Waals surface area contributed by atoms with E-state index in [4.69, 9.17) is 4.74 Å². The lowest BCUT2D eigenvalue weighted by Crippen LogP contribution is -2.21. The van der Waals surface area contributed by atoms with Crippen LogP contribution in [0.1, 0.15) is 24.2 Å². The van der Waals surface area contributed by atoms with Gasteiger partial charge in [0, 0.05) is 13.1 Å². The predicted octanol–water partition coefficient (Wildman–Crippen LogP) is 3.05. The minimum atomic E-state index is -0.645. The summed E-state index contributed by atoms with van der Waals surface area (Å²) in [7, 11) is 0. The first kappa shape index (κ1) is 15.5. The first-order valence-electron chi connectivity index (χ1n) is 7.05. The zero-order valence-electron chi connectivity index (χ0n) is 12.1. The molecule has 0 aliphatic rings. The molecule has 0 saturated carbocycles. The van der Waals surface area contributed by atoms with Gasteiger partial charge in [-0.3, -0.25) is 0 Å². The van der Waals surface area contributed by atoms with Crippen LogP contribution in [-0.2, 0) is 6.54 Å². The molecular formula is C17H20FNO2. The molecule has 0 aromatic heterocycles. The van der Waals surface area contributed by atoms with Crippen molar-refractivity contribution in [3.05, 3.63) is 65.5 Å². The molecule has 112 valence electrons. The van der Waals surface area contributed by atoms with E-state index in [0.717, 1.165) is 11.3 Å². The second kappa shape index (κ2) is 7.76. The fourth-order valence-corrected chi connectivity index (χ4v) is 2.03. The Morgan fingerprint density at radius 3 is 2.38 bits per heavy atom. The first-order valence-corrected chi connectivity index (χ1v) is 7.05. The molecule has 0 spiro atoms. The maximum Gasteiger partial charge on any atom is 0.123 e. The maximum absolute atomic E-state index is 12.8. The number of benzene rings is 2. The summed E-state index contributed by atoms with van der Waals surface area (Å²) in [6.07, 6.45) is -0.645. The highest BCUT2D eigenvalue weighted by atomic mass is 19.1. The van der Waals surface area contributed by atoms with Gasteiger partial charge in [0.15, 0.2) is 0 Å². The average molecular weight is 289 g/mol. The minimum Gasteiger partial charge on any atom is -0.494 e. The van der Waals surface area contributed by atoms with Crippen molar-refractivity contribution in [2.45, 2.75) is 19.6 Å². The Bertz CT molecular complexity index is 540. The molecule has 1 atom stereocenters. The summed E-state index contributed by atoms with van der Waals surface area (Å²) < 4.78 is 18.2. The number of aliphatic hydroxyl groups is 1. The molecule has 2 rings (SSSR count). The highest BCUT2D eigenvalue weighted by molar-refractivity contribution is 5.27. The molecule has 21 heavy (non-hydrogen) atoms. The average Bonchev–Trinajstić information content (AvgIpc) is 2.50. The van der Waals surface area contributed by atoms with E-state index in [0.29, 0.717) is 25.3 Å². The summed E-state index contributed by atoms with van der Waals surface area (Å²) in [5.74, 6) is 0.556. The monoisotopic (exact) mass is 289 g/mol. The Hall–Kier alpha value is -1.91. The van der Waals surface area contributed by atoms with Crippen LogP contribution in [0.2, 0.25) is 0 Å². The zero-order chi connectivity index (χ0) is 15.1. The van der Waals surface area contributed by atoms with Crippen molar-refractivity contribution in [3.8, 4) is 5.75 Å². The molecule has 0 aliphatic heterocycles. The lowest BCUT2D eigenvalue weighted by atomic mass is 10.1. The van der Waals surface area contributed by atoms with Gasteiger partial charge in [0.25, 0.3) is 0 Å². The molecule has 2 aromatic carbocycles. The van der Waals surface area contributed by atoms with E-state index in [9.17, 15) is 9.50 Å². The lowest BCUT2D eigenvalue weighted by Gasteiger charge is -2.12. The van der Waals surface area contributed by atoms with Crippen LogP contribution in [-0.4, -0.2) is 18.3 Å². The quantitative estimate of drug-likeness (QED) is 0.823. The molecule has 3 nitrogen and oxygen atoms in total. The fraction of sp³-hybridized carbons (Fsp3) is 0.294. The van der Waals surface area contributed by atoms with E-state index in [1.807, 2.05) is 31.2 Å². The van der Waals surface area contributed by atoms with Crippen molar-refractivity contribution in [1.29, 1.82) is 0 Å². The third kappa shape index (κ3) is 4.85.